The molecule has 10 heteroatoms. The summed E-state index contributed by atoms with van der Waals surface area (Å²) in [5.41, 5.74) is 7.37. The number of nitrogens with zero attached hydrogens (tertiary/aromatic N) is 2. The Labute approximate surface area is 184 Å². The monoisotopic (exact) mass is 441 g/mol. The molecule has 2 aromatic carbocycles. The molecular weight excluding hydrogens is 418 g/mol. The molecule has 0 spiro atoms. The fraction of sp³-hybridized carbons (Fsp3) is 0.273. The number of hydrogen-bond acceptors (Lipinski definition) is 7. The van der Waals surface area contributed by atoms with E-state index >= 15 is 0 Å². The second kappa shape index (κ2) is 9.82. The summed E-state index contributed by atoms with van der Waals surface area (Å²) in [7, 11) is 1.47. The molecule has 3 N–H and O–H groups in total. The lowest BCUT2D eigenvalue weighted by atomic mass is 10.1. The lowest BCUT2D eigenvalue weighted by Gasteiger charge is -2.15. The minimum absolute atomic E-state index is 0.0581. The molecule has 0 saturated carbocycles. The van der Waals surface area contributed by atoms with Crippen molar-refractivity contribution in [2.75, 3.05) is 31.7 Å². The first-order chi connectivity index (χ1) is 15.3. The van der Waals surface area contributed by atoms with Crippen molar-refractivity contribution in [1.29, 1.82) is 0 Å². The van der Waals surface area contributed by atoms with Crippen LogP contribution in [-0.4, -0.2) is 61.7 Å². The standard InChI is InChI=1S/C22H23N3O7/c1-13(26)14-6-7-18(19(9-14)30-2)31-12-17-11-25(22(29)32-17)16-5-3-4-15(8-16)21(23)24-10-20(27)28/h3-9,17H,10-12H2,1-2H3,(H2,23,24)(H,27,28). The van der Waals surface area contributed by atoms with Gasteiger partial charge in [0.1, 0.15) is 19.0 Å². The number of ketones is 1. The summed E-state index contributed by atoms with van der Waals surface area (Å²) >= 11 is 0. The Balaban J connectivity index is 1.67. The number of amides is 1. The van der Waals surface area contributed by atoms with E-state index in [1.165, 1.54) is 18.9 Å². The van der Waals surface area contributed by atoms with E-state index in [0.717, 1.165) is 0 Å². The van der Waals surface area contributed by atoms with Gasteiger partial charge in [-0.25, -0.2) is 4.79 Å². The lowest BCUT2D eigenvalue weighted by Crippen LogP contribution is -2.27. The van der Waals surface area contributed by atoms with Crippen molar-refractivity contribution in [3.8, 4) is 11.5 Å². The van der Waals surface area contributed by atoms with Gasteiger partial charge in [0.2, 0.25) is 0 Å². The Kier molecular flexibility index (Phi) is 6.93. The molecule has 168 valence electrons. The Bertz CT molecular complexity index is 1070. The van der Waals surface area contributed by atoms with Crippen LogP contribution in [0.2, 0.25) is 0 Å². The third-order valence-electron chi connectivity index (χ3n) is 4.71. The first-order valence-electron chi connectivity index (χ1n) is 9.70. The number of anilines is 1. The van der Waals surface area contributed by atoms with Crippen LogP contribution in [0.4, 0.5) is 10.5 Å². The molecule has 0 aliphatic carbocycles. The molecule has 32 heavy (non-hydrogen) atoms. The summed E-state index contributed by atoms with van der Waals surface area (Å²) in [6.07, 6.45) is -1.09. The zero-order chi connectivity index (χ0) is 23.3. The second-order valence-corrected chi connectivity index (χ2v) is 6.99. The van der Waals surface area contributed by atoms with E-state index in [1.807, 2.05) is 0 Å². The number of nitrogens with two attached hydrogens (primary N) is 1. The van der Waals surface area contributed by atoms with Crippen LogP contribution >= 0.6 is 0 Å². The highest BCUT2D eigenvalue weighted by Gasteiger charge is 2.33. The summed E-state index contributed by atoms with van der Waals surface area (Å²) in [4.78, 5) is 39.8. The van der Waals surface area contributed by atoms with Crippen LogP contribution in [0.5, 0.6) is 11.5 Å². The van der Waals surface area contributed by atoms with E-state index in [2.05, 4.69) is 4.99 Å². The molecule has 1 heterocycles. The van der Waals surface area contributed by atoms with Crippen molar-refractivity contribution in [3.63, 3.8) is 0 Å². The number of aliphatic carboxylic acids is 1. The molecule has 1 amide bonds. The van der Waals surface area contributed by atoms with Crippen molar-refractivity contribution < 1.29 is 33.7 Å². The predicted molar refractivity (Wildman–Crippen MR) is 116 cm³/mol. The summed E-state index contributed by atoms with van der Waals surface area (Å²) in [5, 5.41) is 8.74. The zero-order valence-corrected chi connectivity index (χ0v) is 17.6. The minimum atomic E-state index is -1.09. The van der Waals surface area contributed by atoms with Gasteiger partial charge in [-0.05, 0) is 37.3 Å². The number of carbonyl (C=O) groups excluding carboxylic acids is 2. The first-order valence-corrected chi connectivity index (χ1v) is 9.70. The minimum Gasteiger partial charge on any atom is -0.493 e. The average Bonchev–Trinajstić information content (AvgIpc) is 3.16. The van der Waals surface area contributed by atoms with Crippen LogP contribution in [-0.2, 0) is 9.53 Å². The van der Waals surface area contributed by atoms with Crippen LogP contribution in [0, 0.1) is 0 Å². The summed E-state index contributed by atoms with van der Waals surface area (Å²) in [6, 6.07) is 11.6. The molecule has 0 bridgehead atoms. The van der Waals surface area contributed by atoms with E-state index in [0.29, 0.717) is 28.3 Å². The van der Waals surface area contributed by atoms with Crippen molar-refractivity contribution in [3.05, 3.63) is 53.6 Å². The molecule has 1 aliphatic heterocycles. The Morgan fingerprint density at radius 1 is 1.22 bits per heavy atom. The maximum absolute atomic E-state index is 12.4. The van der Waals surface area contributed by atoms with Gasteiger partial charge in [-0.15, -0.1) is 0 Å². The number of hydrogen-bond donors (Lipinski definition) is 2. The average molecular weight is 441 g/mol. The first kappa shape index (κ1) is 22.6. The SMILES string of the molecule is COc1cc(C(C)=O)ccc1OCC1CN(c2cccc(C(N)=NCC(=O)O)c2)C(=O)O1. The number of rotatable bonds is 9. The predicted octanol–water partition coefficient (Wildman–Crippen LogP) is 2.09. The third-order valence-corrected chi connectivity index (χ3v) is 4.71. The molecule has 0 radical (unpaired) electrons. The van der Waals surface area contributed by atoms with Gasteiger partial charge in [-0.2, -0.15) is 0 Å². The molecular formula is C22H23N3O7. The van der Waals surface area contributed by atoms with Crippen LogP contribution in [0.15, 0.2) is 47.5 Å². The van der Waals surface area contributed by atoms with Gasteiger partial charge in [0.25, 0.3) is 0 Å². The van der Waals surface area contributed by atoms with Crippen LogP contribution in [0.25, 0.3) is 0 Å². The number of carboxylic acid groups (broad SMARTS) is 1. The molecule has 1 aliphatic rings. The number of amidine groups is 1. The number of benzene rings is 2. The quantitative estimate of drug-likeness (QED) is 0.342. The number of methoxy groups -OCH3 is 1. The molecule has 0 aromatic heterocycles. The Morgan fingerprint density at radius 2 is 2.00 bits per heavy atom. The van der Waals surface area contributed by atoms with Crippen LogP contribution < -0.4 is 20.1 Å². The van der Waals surface area contributed by atoms with Gasteiger partial charge in [0.15, 0.2) is 23.4 Å². The van der Waals surface area contributed by atoms with E-state index in [9.17, 15) is 14.4 Å². The van der Waals surface area contributed by atoms with Gasteiger partial charge in [-0.1, -0.05) is 12.1 Å². The topological polar surface area (TPSA) is 141 Å². The molecule has 2 aromatic rings. The van der Waals surface area contributed by atoms with Crippen molar-refractivity contribution in [1.82, 2.24) is 0 Å². The van der Waals surface area contributed by atoms with Gasteiger partial charge in [0, 0.05) is 16.8 Å². The molecule has 1 unspecified atom stereocenters. The maximum Gasteiger partial charge on any atom is 0.414 e. The van der Waals surface area contributed by atoms with Gasteiger partial charge >= 0.3 is 12.1 Å². The fourth-order valence-corrected chi connectivity index (χ4v) is 3.08. The van der Waals surface area contributed by atoms with Crippen molar-refractivity contribution >= 4 is 29.4 Å². The fourth-order valence-electron chi connectivity index (χ4n) is 3.08. The number of Topliss-reactive ketones (excluding diaryl/α,β-unsaturated/α-hetero) is 1. The second-order valence-electron chi connectivity index (χ2n) is 6.99. The van der Waals surface area contributed by atoms with E-state index in [4.69, 9.17) is 25.1 Å². The number of ether oxygens (including phenoxy) is 3. The van der Waals surface area contributed by atoms with E-state index in [-0.39, 0.29) is 24.8 Å². The highest BCUT2D eigenvalue weighted by molar-refractivity contribution is 6.00. The normalized spacial score (nSPS) is 15.9. The number of carboxylic acids is 1. The zero-order valence-electron chi connectivity index (χ0n) is 17.6. The van der Waals surface area contributed by atoms with Gasteiger partial charge < -0.3 is 25.1 Å². The lowest BCUT2D eigenvalue weighted by molar-refractivity contribution is -0.135. The molecule has 1 fully saturated rings. The Morgan fingerprint density at radius 3 is 2.69 bits per heavy atom. The summed E-state index contributed by atoms with van der Waals surface area (Å²) in [5.74, 6) is -0.296. The Hall–Kier alpha value is -4.08. The van der Waals surface area contributed by atoms with Gasteiger partial charge in [0.05, 0.1) is 13.7 Å². The maximum atomic E-state index is 12.4. The van der Waals surface area contributed by atoms with Crippen molar-refractivity contribution in [2.45, 2.75) is 13.0 Å². The highest BCUT2D eigenvalue weighted by atomic mass is 16.6. The van der Waals surface area contributed by atoms with Gasteiger partial charge in [-0.3, -0.25) is 19.5 Å². The van der Waals surface area contributed by atoms with Crippen LogP contribution in [0.3, 0.4) is 0 Å². The largest absolute Gasteiger partial charge is 0.493 e. The van der Waals surface area contributed by atoms with Crippen molar-refractivity contribution in [2.24, 2.45) is 10.7 Å². The summed E-state index contributed by atoms with van der Waals surface area (Å²) < 4.78 is 16.4. The number of cyclic esters (lactones) is 1. The van der Waals surface area contributed by atoms with E-state index in [1.54, 1.807) is 42.5 Å². The number of carbonyl (C=O) groups is 3. The van der Waals surface area contributed by atoms with Crippen LogP contribution in [0.1, 0.15) is 22.8 Å². The molecule has 1 atom stereocenters. The smallest absolute Gasteiger partial charge is 0.414 e. The molecule has 1 saturated heterocycles. The third kappa shape index (κ3) is 5.34. The van der Waals surface area contributed by atoms with E-state index < -0.39 is 24.7 Å². The highest BCUT2D eigenvalue weighted by Crippen LogP contribution is 2.29. The molecule has 10 nitrogen and oxygen atoms in total. The number of aliphatic imine (C=N–C) groups is 1. The molecule has 3 rings (SSSR count). The summed E-state index contributed by atoms with van der Waals surface area (Å²) in [6.45, 7) is 1.34.